The highest BCUT2D eigenvalue weighted by Gasteiger charge is 2.09. The van der Waals surface area contributed by atoms with Crippen molar-refractivity contribution in [2.75, 3.05) is 20.7 Å². The number of amides is 2. The van der Waals surface area contributed by atoms with Gasteiger partial charge in [0.2, 0.25) is 0 Å². The molecule has 0 aliphatic heterocycles. The largest absolute Gasteiger partial charge is 0.497 e. The van der Waals surface area contributed by atoms with E-state index in [9.17, 15) is 13.6 Å². The van der Waals surface area contributed by atoms with Crippen LogP contribution in [0.3, 0.4) is 0 Å². The van der Waals surface area contributed by atoms with E-state index < -0.39 is 6.61 Å². The fraction of sp³-hybridized carbons (Fsp3) is 0.316. The molecule has 0 aromatic heterocycles. The standard InChI is InChI=1S/C19H22F2N2O3/c1-23(13-15-6-8-16(9-7-15)26-18(20)21)19(24)22-11-10-14-4-3-5-17(12-14)25-2/h3-9,12,18H,10-11,13H2,1-2H3,(H,22,24). The van der Waals surface area contributed by atoms with E-state index in [1.54, 1.807) is 26.3 Å². The molecule has 0 saturated heterocycles. The molecule has 0 atom stereocenters. The first-order chi connectivity index (χ1) is 12.5. The van der Waals surface area contributed by atoms with Crippen molar-refractivity contribution in [3.63, 3.8) is 0 Å². The van der Waals surface area contributed by atoms with Crippen molar-refractivity contribution in [3.05, 3.63) is 59.7 Å². The molecule has 0 fully saturated rings. The van der Waals surface area contributed by atoms with Crippen molar-refractivity contribution in [1.29, 1.82) is 0 Å². The first kappa shape index (κ1) is 19.5. The minimum absolute atomic E-state index is 0.0918. The number of alkyl halides is 2. The Morgan fingerprint density at radius 2 is 1.85 bits per heavy atom. The number of benzene rings is 2. The summed E-state index contributed by atoms with van der Waals surface area (Å²) in [6, 6.07) is 13.7. The molecule has 2 rings (SSSR count). The van der Waals surface area contributed by atoms with Crippen LogP contribution < -0.4 is 14.8 Å². The number of urea groups is 1. The van der Waals surface area contributed by atoms with E-state index >= 15 is 0 Å². The van der Waals surface area contributed by atoms with Gasteiger partial charge < -0.3 is 19.7 Å². The highest BCUT2D eigenvalue weighted by molar-refractivity contribution is 5.73. The lowest BCUT2D eigenvalue weighted by atomic mass is 10.1. The van der Waals surface area contributed by atoms with E-state index in [1.807, 2.05) is 24.3 Å². The van der Waals surface area contributed by atoms with Gasteiger partial charge >= 0.3 is 12.6 Å². The Morgan fingerprint density at radius 1 is 1.12 bits per heavy atom. The normalized spacial score (nSPS) is 10.5. The fourth-order valence-corrected chi connectivity index (χ4v) is 2.40. The number of hydrogen-bond donors (Lipinski definition) is 1. The zero-order chi connectivity index (χ0) is 18.9. The van der Waals surface area contributed by atoms with E-state index in [1.165, 1.54) is 17.0 Å². The number of nitrogens with one attached hydrogen (secondary N) is 1. The molecule has 0 saturated carbocycles. The number of carbonyl (C=O) groups excluding carboxylic acids is 1. The summed E-state index contributed by atoms with van der Waals surface area (Å²) in [6.45, 7) is -1.99. The number of methoxy groups -OCH3 is 1. The number of hydrogen-bond acceptors (Lipinski definition) is 3. The maximum absolute atomic E-state index is 12.1. The number of halogens is 2. The van der Waals surface area contributed by atoms with Crippen LogP contribution >= 0.6 is 0 Å². The molecule has 0 spiro atoms. The van der Waals surface area contributed by atoms with E-state index in [0.29, 0.717) is 19.5 Å². The van der Waals surface area contributed by atoms with Crippen molar-refractivity contribution in [2.24, 2.45) is 0 Å². The van der Waals surface area contributed by atoms with Crippen LogP contribution in [-0.4, -0.2) is 38.2 Å². The molecular formula is C19H22F2N2O3. The van der Waals surface area contributed by atoms with Gasteiger partial charge in [0.25, 0.3) is 0 Å². The van der Waals surface area contributed by atoms with Gasteiger partial charge in [-0.05, 0) is 41.8 Å². The van der Waals surface area contributed by atoms with Crippen molar-refractivity contribution in [2.45, 2.75) is 19.6 Å². The van der Waals surface area contributed by atoms with Crippen LogP contribution in [-0.2, 0) is 13.0 Å². The predicted molar refractivity (Wildman–Crippen MR) is 94.6 cm³/mol. The summed E-state index contributed by atoms with van der Waals surface area (Å²) in [5, 5.41) is 2.85. The summed E-state index contributed by atoms with van der Waals surface area (Å²) >= 11 is 0. The first-order valence-corrected chi connectivity index (χ1v) is 8.13. The van der Waals surface area contributed by atoms with Crippen molar-refractivity contribution < 1.29 is 23.0 Å². The van der Waals surface area contributed by atoms with Gasteiger partial charge in [-0.3, -0.25) is 0 Å². The Balaban J connectivity index is 1.78. The molecule has 0 radical (unpaired) electrons. The number of ether oxygens (including phenoxy) is 2. The van der Waals surface area contributed by atoms with E-state index in [0.717, 1.165) is 16.9 Å². The second-order valence-corrected chi connectivity index (χ2v) is 5.71. The molecule has 140 valence electrons. The third-order valence-electron chi connectivity index (χ3n) is 3.74. The molecule has 0 aliphatic rings. The maximum Gasteiger partial charge on any atom is 0.387 e. The molecule has 0 unspecified atom stereocenters. The van der Waals surface area contributed by atoms with Crippen LogP contribution in [0.2, 0.25) is 0 Å². The molecule has 26 heavy (non-hydrogen) atoms. The fourth-order valence-electron chi connectivity index (χ4n) is 2.40. The van der Waals surface area contributed by atoms with Gasteiger partial charge in [0.15, 0.2) is 0 Å². The van der Waals surface area contributed by atoms with Gasteiger partial charge in [0.05, 0.1) is 7.11 Å². The minimum Gasteiger partial charge on any atom is -0.497 e. The Morgan fingerprint density at radius 3 is 2.50 bits per heavy atom. The second kappa shape index (κ2) is 9.60. The average molecular weight is 364 g/mol. The quantitative estimate of drug-likeness (QED) is 0.777. The molecule has 0 aliphatic carbocycles. The van der Waals surface area contributed by atoms with E-state index in [4.69, 9.17) is 4.74 Å². The highest BCUT2D eigenvalue weighted by Crippen LogP contribution is 2.16. The number of nitrogens with zero attached hydrogens (tertiary/aromatic N) is 1. The molecule has 5 nitrogen and oxygen atoms in total. The summed E-state index contributed by atoms with van der Waals surface area (Å²) in [5.41, 5.74) is 1.89. The average Bonchev–Trinajstić information content (AvgIpc) is 2.63. The Hall–Kier alpha value is -2.83. The minimum atomic E-state index is -2.85. The third-order valence-corrected chi connectivity index (χ3v) is 3.74. The second-order valence-electron chi connectivity index (χ2n) is 5.71. The van der Waals surface area contributed by atoms with Crippen molar-refractivity contribution in [1.82, 2.24) is 10.2 Å². The van der Waals surface area contributed by atoms with Gasteiger partial charge in [0, 0.05) is 20.1 Å². The Labute approximate surface area is 151 Å². The molecule has 0 bridgehead atoms. The molecule has 7 heteroatoms. The Bertz CT molecular complexity index is 708. The molecule has 2 aromatic rings. The lowest BCUT2D eigenvalue weighted by Crippen LogP contribution is -2.37. The van der Waals surface area contributed by atoms with Gasteiger partial charge in [-0.25, -0.2) is 4.79 Å². The summed E-state index contributed by atoms with van der Waals surface area (Å²) in [4.78, 5) is 13.7. The summed E-state index contributed by atoms with van der Waals surface area (Å²) in [7, 11) is 3.28. The summed E-state index contributed by atoms with van der Waals surface area (Å²) < 4.78 is 33.7. The van der Waals surface area contributed by atoms with Crippen LogP contribution in [0.1, 0.15) is 11.1 Å². The van der Waals surface area contributed by atoms with Gasteiger partial charge in [-0.1, -0.05) is 24.3 Å². The predicted octanol–water partition coefficient (Wildman–Crippen LogP) is 3.68. The van der Waals surface area contributed by atoms with Crippen LogP contribution in [0.15, 0.2) is 48.5 Å². The van der Waals surface area contributed by atoms with Crippen molar-refractivity contribution >= 4 is 6.03 Å². The maximum atomic E-state index is 12.1. The smallest absolute Gasteiger partial charge is 0.387 e. The number of rotatable bonds is 8. The lowest BCUT2D eigenvalue weighted by Gasteiger charge is -2.18. The van der Waals surface area contributed by atoms with Crippen LogP contribution in [0.25, 0.3) is 0 Å². The summed E-state index contributed by atoms with van der Waals surface area (Å²) in [6.07, 6.45) is 0.691. The van der Waals surface area contributed by atoms with Gasteiger partial charge in [-0.15, -0.1) is 0 Å². The first-order valence-electron chi connectivity index (χ1n) is 8.13. The summed E-state index contributed by atoms with van der Waals surface area (Å²) in [5.74, 6) is 0.874. The molecule has 2 amide bonds. The van der Waals surface area contributed by atoms with Crippen molar-refractivity contribution in [3.8, 4) is 11.5 Å². The van der Waals surface area contributed by atoms with Crippen LogP contribution in [0.5, 0.6) is 11.5 Å². The molecule has 0 heterocycles. The zero-order valence-electron chi connectivity index (χ0n) is 14.7. The van der Waals surface area contributed by atoms with Gasteiger partial charge in [-0.2, -0.15) is 8.78 Å². The topological polar surface area (TPSA) is 50.8 Å². The van der Waals surface area contributed by atoms with E-state index in [2.05, 4.69) is 10.1 Å². The van der Waals surface area contributed by atoms with Crippen LogP contribution in [0, 0.1) is 0 Å². The Kier molecular flexibility index (Phi) is 7.20. The van der Waals surface area contributed by atoms with Gasteiger partial charge in [0.1, 0.15) is 11.5 Å². The molecule has 1 N–H and O–H groups in total. The SMILES string of the molecule is COc1cccc(CCNC(=O)N(C)Cc2ccc(OC(F)F)cc2)c1. The van der Waals surface area contributed by atoms with E-state index in [-0.39, 0.29) is 11.8 Å². The zero-order valence-corrected chi connectivity index (χ0v) is 14.7. The molecule has 2 aromatic carbocycles. The lowest BCUT2D eigenvalue weighted by molar-refractivity contribution is -0.0498. The highest BCUT2D eigenvalue weighted by atomic mass is 19.3. The molecular weight excluding hydrogens is 342 g/mol. The monoisotopic (exact) mass is 364 g/mol. The third kappa shape index (κ3) is 6.23. The van der Waals surface area contributed by atoms with Crippen LogP contribution in [0.4, 0.5) is 13.6 Å². The number of carbonyl (C=O) groups is 1.